The fourth-order valence-corrected chi connectivity index (χ4v) is 2.15. The molecule has 0 aliphatic carbocycles. The zero-order valence-corrected chi connectivity index (χ0v) is 10.5. The quantitative estimate of drug-likeness (QED) is 0.790. The average Bonchev–Trinajstić information content (AvgIpc) is 3.13. The smallest absolute Gasteiger partial charge is 0.266 e. The fraction of sp³-hybridized carbons (Fsp3) is 0. The second-order valence-corrected chi connectivity index (χ2v) is 4.59. The van der Waals surface area contributed by atoms with Crippen LogP contribution in [0.3, 0.4) is 0 Å². The van der Waals surface area contributed by atoms with Crippen LogP contribution >= 0.6 is 11.3 Å². The molecule has 0 fully saturated rings. The van der Waals surface area contributed by atoms with Crippen molar-refractivity contribution < 1.29 is 4.79 Å². The molecule has 7 heteroatoms. The number of rotatable bonds is 3. The summed E-state index contributed by atoms with van der Waals surface area (Å²) in [7, 11) is 0. The molecule has 19 heavy (non-hydrogen) atoms. The maximum Gasteiger partial charge on any atom is 0.266 e. The number of carbonyl (C=O) groups excluding carboxylic acids is 1. The Morgan fingerprint density at radius 2 is 2.26 bits per heavy atom. The lowest BCUT2D eigenvalue weighted by Gasteiger charge is -2.04. The Balaban J connectivity index is 1.82. The lowest BCUT2D eigenvalue weighted by atomic mass is 10.4. The van der Waals surface area contributed by atoms with Crippen molar-refractivity contribution in [3.8, 4) is 5.82 Å². The minimum Gasteiger partial charge on any atom is -0.306 e. The minimum absolute atomic E-state index is 0.180. The van der Waals surface area contributed by atoms with E-state index in [1.807, 2.05) is 11.4 Å². The summed E-state index contributed by atoms with van der Waals surface area (Å²) in [4.78, 5) is 20.6. The highest BCUT2D eigenvalue weighted by molar-refractivity contribution is 7.12. The second kappa shape index (κ2) is 4.99. The molecule has 0 atom stereocenters. The van der Waals surface area contributed by atoms with Gasteiger partial charge in [0, 0.05) is 18.5 Å². The van der Waals surface area contributed by atoms with Crippen LogP contribution < -0.4 is 5.32 Å². The Kier molecular flexibility index (Phi) is 3.03. The number of amides is 1. The molecule has 0 spiro atoms. The van der Waals surface area contributed by atoms with Gasteiger partial charge < -0.3 is 5.32 Å². The van der Waals surface area contributed by atoms with Gasteiger partial charge in [0.2, 0.25) is 0 Å². The fourth-order valence-electron chi connectivity index (χ4n) is 1.53. The zero-order chi connectivity index (χ0) is 13.1. The van der Waals surface area contributed by atoms with E-state index in [9.17, 15) is 4.79 Å². The first-order chi connectivity index (χ1) is 9.33. The number of thiophene rings is 1. The maximum atomic E-state index is 11.9. The molecule has 6 nitrogen and oxygen atoms in total. The molecule has 1 amide bonds. The summed E-state index contributed by atoms with van der Waals surface area (Å²) in [5, 5.41) is 8.65. The molecular formula is C12H9N5OS. The molecule has 1 N–H and O–H groups in total. The third-order valence-electron chi connectivity index (χ3n) is 2.38. The lowest BCUT2D eigenvalue weighted by molar-refractivity contribution is 0.103. The summed E-state index contributed by atoms with van der Waals surface area (Å²) in [5.74, 6) is 0.862. The molecule has 3 aromatic heterocycles. The predicted molar refractivity (Wildman–Crippen MR) is 71.4 cm³/mol. The zero-order valence-electron chi connectivity index (χ0n) is 9.72. The van der Waals surface area contributed by atoms with Crippen LogP contribution in [-0.2, 0) is 0 Å². The van der Waals surface area contributed by atoms with Crippen molar-refractivity contribution in [2.24, 2.45) is 0 Å². The number of nitrogens with zero attached hydrogens (tertiary/aromatic N) is 4. The predicted octanol–water partition coefficient (Wildman–Crippen LogP) is 1.98. The number of carbonyl (C=O) groups is 1. The van der Waals surface area contributed by atoms with Crippen molar-refractivity contribution in [1.29, 1.82) is 0 Å². The summed E-state index contributed by atoms with van der Waals surface area (Å²) in [5.41, 5.74) is 0. The van der Waals surface area contributed by atoms with Crippen LogP contribution in [0.2, 0.25) is 0 Å². The van der Waals surface area contributed by atoms with Gasteiger partial charge in [-0.2, -0.15) is 5.10 Å². The van der Waals surface area contributed by atoms with E-state index in [4.69, 9.17) is 0 Å². The molecule has 0 radical (unpaired) electrons. The largest absolute Gasteiger partial charge is 0.306 e. The number of aromatic nitrogens is 4. The van der Waals surface area contributed by atoms with E-state index in [-0.39, 0.29) is 5.91 Å². The molecule has 0 saturated carbocycles. The molecule has 0 aliphatic heterocycles. The van der Waals surface area contributed by atoms with E-state index in [2.05, 4.69) is 20.4 Å². The van der Waals surface area contributed by atoms with Crippen LogP contribution in [0.15, 0.2) is 48.4 Å². The highest BCUT2D eigenvalue weighted by Crippen LogP contribution is 2.12. The molecule has 0 unspecified atom stereocenters. The summed E-state index contributed by atoms with van der Waals surface area (Å²) < 4.78 is 1.60. The summed E-state index contributed by atoms with van der Waals surface area (Å²) >= 11 is 1.38. The Morgan fingerprint density at radius 1 is 1.32 bits per heavy atom. The molecule has 0 saturated heterocycles. The molecule has 94 valence electrons. The standard InChI is InChI=1S/C12H9N5OS/c18-12(9-3-1-6-19-9)16-10-7-11(14-8-13-10)17-5-2-4-15-17/h1-8H,(H,13,14,16,18). The van der Waals surface area contributed by atoms with E-state index in [1.165, 1.54) is 17.7 Å². The highest BCUT2D eigenvalue weighted by atomic mass is 32.1. The van der Waals surface area contributed by atoms with E-state index in [0.717, 1.165) is 0 Å². The molecular weight excluding hydrogens is 262 g/mol. The van der Waals surface area contributed by atoms with E-state index >= 15 is 0 Å². The first kappa shape index (κ1) is 11.5. The highest BCUT2D eigenvalue weighted by Gasteiger charge is 2.08. The molecule has 3 heterocycles. The van der Waals surface area contributed by atoms with Crippen LogP contribution in [0.25, 0.3) is 5.82 Å². The van der Waals surface area contributed by atoms with Crippen LogP contribution in [0, 0.1) is 0 Å². The molecule has 0 aliphatic rings. The van der Waals surface area contributed by atoms with Crippen molar-refractivity contribution >= 4 is 23.1 Å². The Morgan fingerprint density at radius 3 is 3.00 bits per heavy atom. The summed E-state index contributed by atoms with van der Waals surface area (Å²) in [6, 6.07) is 7.05. The molecule has 0 aromatic carbocycles. The minimum atomic E-state index is -0.180. The van der Waals surface area contributed by atoms with E-state index in [1.54, 1.807) is 35.3 Å². The van der Waals surface area contributed by atoms with Crippen molar-refractivity contribution in [2.75, 3.05) is 5.32 Å². The van der Waals surface area contributed by atoms with Gasteiger partial charge in [0.25, 0.3) is 5.91 Å². The van der Waals surface area contributed by atoms with Gasteiger partial charge in [-0.1, -0.05) is 6.07 Å². The van der Waals surface area contributed by atoms with Gasteiger partial charge in [0.05, 0.1) is 4.88 Å². The van der Waals surface area contributed by atoms with Crippen LogP contribution in [0.4, 0.5) is 5.82 Å². The third kappa shape index (κ3) is 2.50. The van der Waals surface area contributed by atoms with Gasteiger partial charge in [0.1, 0.15) is 12.1 Å². The normalized spacial score (nSPS) is 10.3. The van der Waals surface area contributed by atoms with E-state index < -0.39 is 0 Å². The second-order valence-electron chi connectivity index (χ2n) is 3.64. The first-order valence-electron chi connectivity index (χ1n) is 5.50. The van der Waals surface area contributed by atoms with Gasteiger partial charge in [-0.25, -0.2) is 14.6 Å². The lowest BCUT2D eigenvalue weighted by Crippen LogP contribution is -2.12. The van der Waals surface area contributed by atoms with Crippen molar-refractivity contribution in [3.63, 3.8) is 0 Å². The maximum absolute atomic E-state index is 11.9. The topological polar surface area (TPSA) is 72.7 Å². The van der Waals surface area contributed by atoms with Gasteiger partial charge in [-0.05, 0) is 17.5 Å². The monoisotopic (exact) mass is 271 g/mol. The number of nitrogens with one attached hydrogen (secondary N) is 1. The van der Waals surface area contributed by atoms with Crippen LogP contribution in [-0.4, -0.2) is 25.7 Å². The van der Waals surface area contributed by atoms with Crippen molar-refractivity contribution in [2.45, 2.75) is 0 Å². The molecule has 0 bridgehead atoms. The molecule has 3 aromatic rings. The van der Waals surface area contributed by atoms with Gasteiger partial charge in [-0.15, -0.1) is 11.3 Å². The summed E-state index contributed by atoms with van der Waals surface area (Å²) in [6.07, 6.45) is 4.82. The van der Waals surface area contributed by atoms with Gasteiger partial charge in [-0.3, -0.25) is 4.79 Å². The van der Waals surface area contributed by atoms with Crippen LogP contribution in [0.5, 0.6) is 0 Å². The average molecular weight is 271 g/mol. The van der Waals surface area contributed by atoms with Gasteiger partial charge >= 0.3 is 0 Å². The van der Waals surface area contributed by atoms with E-state index in [0.29, 0.717) is 16.5 Å². The van der Waals surface area contributed by atoms with Crippen LogP contribution in [0.1, 0.15) is 9.67 Å². The van der Waals surface area contributed by atoms with Crippen molar-refractivity contribution in [1.82, 2.24) is 19.7 Å². The summed E-state index contributed by atoms with van der Waals surface area (Å²) in [6.45, 7) is 0. The Labute approximate surface area is 112 Å². The van der Waals surface area contributed by atoms with Crippen molar-refractivity contribution in [3.05, 3.63) is 53.2 Å². The SMILES string of the molecule is O=C(Nc1cc(-n2cccn2)ncn1)c1cccs1. The van der Waals surface area contributed by atoms with Gasteiger partial charge in [0.15, 0.2) is 5.82 Å². The number of hydrogen-bond donors (Lipinski definition) is 1. The third-order valence-corrected chi connectivity index (χ3v) is 3.25. The number of anilines is 1. The Hall–Kier alpha value is -2.54. The number of hydrogen-bond acceptors (Lipinski definition) is 5. The Bertz CT molecular complexity index is 678. The molecule has 3 rings (SSSR count). The first-order valence-corrected chi connectivity index (χ1v) is 6.38.